The number of nitrogens with zero attached hydrogens (tertiary/aromatic N) is 1. The molecular weight excluding hydrogens is 194 g/mol. The molecule has 1 heterocycles. The number of fused-ring (bicyclic) bond motifs is 1. The normalized spacial score (nSPS) is 10.4. The van der Waals surface area contributed by atoms with Crippen LogP contribution in [0.1, 0.15) is 5.56 Å². The number of pyridine rings is 1. The van der Waals surface area contributed by atoms with E-state index >= 15 is 0 Å². The second-order valence-corrected chi connectivity index (χ2v) is 3.25. The first kappa shape index (κ1) is 9.45. The van der Waals surface area contributed by atoms with E-state index in [1.807, 2.05) is 0 Å². The number of hydrogen-bond acceptors (Lipinski definition) is 2. The van der Waals surface area contributed by atoms with Crippen LogP contribution in [0, 0.1) is 5.21 Å². The number of carboxylic acids is 1. The van der Waals surface area contributed by atoms with Gasteiger partial charge in [0.2, 0.25) is 5.52 Å². The molecule has 0 amide bonds. The fraction of sp³-hybridized carbons (Fsp3) is 0.0909. The van der Waals surface area contributed by atoms with E-state index in [2.05, 4.69) is 0 Å². The highest BCUT2D eigenvalue weighted by Crippen LogP contribution is 2.15. The SMILES string of the molecule is O=C(O)Cc1cccc2c1ccc[n+]2[O-]. The number of aliphatic carboxylic acids is 1. The van der Waals surface area contributed by atoms with Gasteiger partial charge in [-0.1, -0.05) is 12.1 Å². The summed E-state index contributed by atoms with van der Waals surface area (Å²) in [5, 5.41) is 20.8. The molecule has 4 heteroatoms. The van der Waals surface area contributed by atoms with Gasteiger partial charge >= 0.3 is 5.97 Å². The van der Waals surface area contributed by atoms with Crippen molar-refractivity contribution in [3.8, 4) is 0 Å². The molecule has 0 saturated carbocycles. The molecule has 0 unspecified atom stereocenters. The highest BCUT2D eigenvalue weighted by atomic mass is 16.5. The van der Waals surface area contributed by atoms with E-state index in [1.165, 1.54) is 6.20 Å². The summed E-state index contributed by atoms with van der Waals surface area (Å²) >= 11 is 0. The molecule has 0 saturated heterocycles. The highest BCUT2D eigenvalue weighted by Gasteiger charge is 2.09. The number of carbonyl (C=O) groups is 1. The Hall–Kier alpha value is -2.10. The lowest BCUT2D eigenvalue weighted by molar-refractivity contribution is -0.577. The van der Waals surface area contributed by atoms with E-state index in [4.69, 9.17) is 5.11 Å². The van der Waals surface area contributed by atoms with Gasteiger partial charge in [-0.15, -0.1) is 0 Å². The zero-order chi connectivity index (χ0) is 10.8. The first-order valence-electron chi connectivity index (χ1n) is 4.50. The second-order valence-electron chi connectivity index (χ2n) is 3.25. The minimum absolute atomic E-state index is 0.0681. The lowest BCUT2D eigenvalue weighted by Gasteiger charge is -2.04. The van der Waals surface area contributed by atoms with Crippen molar-refractivity contribution >= 4 is 16.9 Å². The maximum atomic E-state index is 11.4. The molecule has 76 valence electrons. The van der Waals surface area contributed by atoms with Crippen LogP contribution in [0.2, 0.25) is 0 Å². The Morgan fingerprint density at radius 3 is 2.87 bits per heavy atom. The molecule has 0 aliphatic carbocycles. The Bertz CT molecular complexity index is 522. The summed E-state index contributed by atoms with van der Waals surface area (Å²) in [6, 6.07) is 8.45. The Balaban J connectivity index is 2.65. The summed E-state index contributed by atoms with van der Waals surface area (Å²) in [5.74, 6) is -0.899. The molecule has 0 atom stereocenters. The first-order valence-corrected chi connectivity index (χ1v) is 4.50. The van der Waals surface area contributed by atoms with Gasteiger partial charge in [-0.3, -0.25) is 4.79 Å². The van der Waals surface area contributed by atoms with Gasteiger partial charge in [-0.05, 0) is 11.6 Å². The summed E-state index contributed by atoms with van der Waals surface area (Å²) in [6.45, 7) is 0. The van der Waals surface area contributed by atoms with Crippen LogP contribution < -0.4 is 4.73 Å². The average Bonchev–Trinajstić information content (AvgIpc) is 2.19. The van der Waals surface area contributed by atoms with E-state index < -0.39 is 5.97 Å². The first-order chi connectivity index (χ1) is 7.18. The minimum Gasteiger partial charge on any atom is -0.618 e. The fourth-order valence-corrected chi connectivity index (χ4v) is 1.60. The predicted octanol–water partition coefficient (Wildman–Crippen LogP) is 1.10. The van der Waals surface area contributed by atoms with Crippen LogP contribution in [0.3, 0.4) is 0 Å². The zero-order valence-electron chi connectivity index (χ0n) is 7.88. The Labute approximate surface area is 86.0 Å². The van der Waals surface area contributed by atoms with Crippen molar-refractivity contribution in [3.63, 3.8) is 0 Å². The third-order valence-corrected chi connectivity index (χ3v) is 2.24. The molecule has 2 aromatic rings. The Morgan fingerprint density at radius 2 is 2.13 bits per heavy atom. The predicted molar refractivity (Wildman–Crippen MR) is 54.2 cm³/mol. The van der Waals surface area contributed by atoms with Gasteiger partial charge < -0.3 is 10.3 Å². The van der Waals surface area contributed by atoms with Gasteiger partial charge in [-0.2, -0.15) is 4.73 Å². The lowest BCUT2D eigenvalue weighted by Crippen LogP contribution is -2.26. The van der Waals surface area contributed by atoms with Crippen molar-refractivity contribution in [2.24, 2.45) is 0 Å². The fourth-order valence-electron chi connectivity index (χ4n) is 1.60. The molecule has 0 bridgehead atoms. The summed E-state index contributed by atoms with van der Waals surface area (Å²) in [5.41, 5.74) is 1.15. The molecular formula is C11H9NO3. The van der Waals surface area contributed by atoms with Crippen LogP contribution in [0.4, 0.5) is 0 Å². The monoisotopic (exact) mass is 203 g/mol. The molecule has 0 aliphatic rings. The third kappa shape index (κ3) is 1.74. The third-order valence-electron chi connectivity index (χ3n) is 2.24. The molecule has 2 rings (SSSR count). The molecule has 0 fully saturated rings. The number of aromatic nitrogens is 1. The van der Waals surface area contributed by atoms with E-state index in [1.54, 1.807) is 30.3 Å². The van der Waals surface area contributed by atoms with Crippen molar-refractivity contribution < 1.29 is 14.6 Å². The van der Waals surface area contributed by atoms with Gasteiger partial charge in [-0.25, -0.2) is 0 Å². The number of carboxylic acid groups (broad SMARTS) is 1. The summed E-state index contributed by atoms with van der Waals surface area (Å²) in [6.07, 6.45) is 1.33. The summed E-state index contributed by atoms with van der Waals surface area (Å²) in [7, 11) is 0. The van der Waals surface area contributed by atoms with Crippen LogP contribution >= 0.6 is 0 Å². The van der Waals surface area contributed by atoms with Crippen LogP contribution in [0.15, 0.2) is 36.5 Å². The van der Waals surface area contributed by atoms with Gasteiger partial charge in [0.1, 0.15) is 0 Å². The lowest BCUT2D eigenvalue weighted by atomic mass is 10.1. The largest absolute Gasteiger partial charge is 0.618 e. The summed E-state index contributed by atoms with van der Waals surface area (Å²) in [4.78, 5) is 10.6. The standard InChI is InChI=1S/C11H9NO3/c13-11(14)7-8-3-1-5-10-9(8)4-2-6-12(10)15/h1-6H,7H2,(H,13,14). The van der Waals surface area contributed by atoms with Crippen LogP contribution in [0.25, 0.3) is 10.9 Å². The maximum Gasteiger partial charge on any atom is 0.307 e. The van der Waals surface area contributed by atoms with Crippen molar-refractivity contribution in [1.82, 2.24) is 0 Å². The Kier molecular flexibility index (Phi) is 2.25. The molecule has 4 nitrogen and oxygen atoms in total. The highest BCUT2D eigenvalue weighted by molar-refractivity contribution is 5.84. The number of benzene rings is 1. The molecule has 1 N–H and O–H groups in total. The number of hydrogen-bond donors (Lipinski definition) is 1. The van der Waals surface area contributed by atoms with Crippen LogP contribution in [0.5, 0.6) is 0 Å². The van der Waals surface area contributed by atoms with E-state index in [0.29, 0.717) is 16.5 Å². The van der Waals surface area contributed by atoms with Crippen molar-refractivity contribution in [1.29, 1.82) is 0 Å². The van der Waals surface area contributed by atoms with Gasteiger partial charge in [0.15, 0.2) is 6.20 Å². The van der Waals surface area contributed by atoms with Crippen molar-refractivity contribution in [2.45, 2.75) is 6.42 Å². The smallest absolute Gasteiger partial charge is 0.307 e. The van der Waals surface area contributed by atoms with Gasteiger partial charge in [0.05, 0.1) is 11.8 Å². The minimum atomic E-state index is -0.899. The molecule has 1 aromatic heterocycles. The van der Waals surface area contributed by atoms with Crippen molar-refractivity contribution in [3.05, 3.63) is 47.3 Å². The molecule has 15 heavy (non-hydrogen) atoms. The molecule has 0 spiro atoms. The number of rotatable bonds is 2. The topological polar surface area (TPSA) is 64.2 Å². The van der Waals surface area contributed by atoms with E-state index in [-0.39, 0.29) is 6.42 Å². The van der Waals surface area contributed by atoms with Gasteiger partial charge in [0, 0.05) is 12.1 Å². The molecule has 0 aliphatic heterocycles. The molecule has 0 radical (unpaired) electrons. The van der Waals surface area contributed by atoms with E-state index in [9.17, 15) is 10.0 Å². The second kappa shape index (κ2) is 3.57. The average molecular weight is 203 g/mol. The Morgan fingerprint density at radius 1 is 1.33 bits per heavy atom. The van der Waals surface area contributed by atoms with Crippen molar-refractivity contribution in [2.75, 3.05) is 0 Å². The zero-order valence-corrected chi connectivity index (χ0v) is 7.88. The van der Waals surface area contributed by atoms with Crippen LogP contribution in [-0.2, 0) is 11.2 Å². The van der Waals surface area contributed by atoms with E-state index in [0.717, 1.165) is 4.73 Å². The van der Waals surface area contributed by atoms with Crippen LogP contribution in [-0.4, -0.2) is 11.1 Å². The van der Waals surface area contributed by atoms with Gasteiger partial charge in [0.25, 0.3) is 0 Å². The molecule has 1 aromatic carbocycles. The summed E-state index contributed by atoms with van der Waals surface area (Å²) < 4.78 is 0.737. The maximum absolute atomic E-state index is 11.4. The quantitative estimate of drug-likeness (QED) is 0.587.